The lowest BCUT2D eigenvalue weighted by atomic mass is 10.2. The molecule has 0 radical (unpaired) electrons. The Balaban J connectivity index is 1.61. The average molecular weight is 338 g/mol. The van der Waals surface area contributed by atoms with E-state index in [1.54, 1.807) is 7.11 Å². The highest BCUT2D eigenvalue weighted by Crippen LogP contribution is 2.27. The molecule has 7 heteroatoms. The van der Waals surface area contributed by atoms with Crippen LogP contribution in [-0.4, -0.2) is 34.8 Å². The largest absolute Gasteiger partial charge is 0.496 e. The summed E-state index contributed by atoms with van der Waals surface area (Å²) in [6.07, 6.45) is 0. The fourth-order valence-corrected chi connectivity index (χ4v) is 2.22. The Labute approximate surface area is 145 Å². The van der Waals surface area contributed by atoms with Crippen LogP contribution in [0.3, 0.4) is 0 Å². The molecule has 1 heterocycles. The first-order valence-corrected chi connectivity index (χ1v) is 7.71. The van der Waals surface area contributed by atoms with Gasteiger partial charge in [0.25, 0.3) is 5.91 Å². The molecule has 3 rings (SSSR count). The Hall–Kier alpha value is -3.35. The van der Waals surface area contributed by atoms with E-state index in [1.165, 1.54) is 0 Å². The molecule has 2 aromatic carbocycles. The maximum Gasteiger partial charge on any atom is 0.264 e. The molecule has 7 nitrogen and oxygen atoms in total. The molecule has 25 heavy (non-hydrogen) atoms. The van der Waals surface area contributed by atoms with Crippen molar-refractivity contribution in [3.63, 3.8) is 0 Å². The van der Waals surface area contributed by atoms with Crippen LogP contribution in [0.2, 0.25) is 0 Å². The van der Waals surface area contributed by atoms with Gasteiger partial charge in [0.05, 0.1) is 12.7 Å². The molecule has 128 valence electrons. The van der Waals surface area contributed by atoms with E-state index in [4.69, 9.17) is 9.47 Å². The van der Waals surface area contributed by atoms with Gasteiger partial charge in [-0.05, 0) is 31.2 Å². The molecule has 3 aromatic rings. The van der Waals surface area contributed by atoms with Gasteiger partial charge in [-0.15, -0.1) is 5.10 Å². The molecule has 0 unspecified atom stereocenters. The number of amides is 1. The van der Waals surface area contributed by atoms with E-state index in [1.807, 2.05) is 55.5 Å². The van der Waals surface area contributed by atoms with E-state index >= 15 is 0 Å². The number of para-hydroxylation sites is 1. The molecule has 1 aromatic heterocycles. The van der Waals surface area contributed by atoms with Crippen LogP contribution in [0, 0.1) is 6.92 Å². The number of benzene rings is 2. The van der Waals surface area contributed by atoms with Crippen LogP contribution in [0.25, 0.3) is 11.4 Å². The van der Waals surface area contributed by atoms with Crippen molar-refractivity contribution in [1.82, 2.24) is 15.2 Å². The van der Waals surface area contributed by atoms with Gasteiger partial charge in [-0.25, -0.2) is 0 Å². The predicted octanol–water partition coefficient (Wildman–Crippen LogP) is 2.81. The third kappa shape index (κ3) is 4.14. The number of nitrogens with zero attached hydrogens (tertiary/aromatic N) is 2. The highest BCUT2D eigenvalue weighted by molar-refractivity contribution is 5.90. The van der Waals surface area contributed by atoms with Crippen molar-refractivity contribution < 1.29 is 14.3 Å². The van der Waals surface area contributed by atoms with Gasteiger partial charge in [0, 0.05) is 0 Å². The zero-order valence-corrected chi connectivity index (χ0v) is 13.9. The molecule has 0 bridgehead atoms. The zero-order chi connectivity index (χ0) is 17.6. The molecular formula is C18H18N4O3. The second-order valence-corrected chi connectivity index (χ2v) is 5.36. The number of aromatic amines is 1. The minimum atomic E-state index is -0.342. The van der Waals surface area contributed by atoms with Crippen molar-refractivity contribution in [3.05, 3.63) is 54.1 Å². The molecule has 0 fully saturated rings. The summed E-state index contributed by atoms with van der Waals surface area (Å²) in [6.45, 7) is 1.86. The lowest BCUT2D eigenvalue weighted by molar-refractivity contribution is -0.118. The third-order valence-corrected chi connectivity index (χ3v) is 3.49. The fraction of sp³-hybridized carbons (Fsp3) is 0.167. The molecule has 0 atom stereocenters. The zero-order valence-electron chi connectivity index (χ0n) is 13.9. The number of anilines is 1. The second kappa shape index (κ2) is 7.48. The molecular weight excluding hydrogens is 320 g/mol. The molecule has 0 saturated heterocycles. The summed E-state index contributed by atoms with van der Waals surface area (Å²) >= 11 is 0. The van der Waals surface area contributed by atoms with Crippen LogP contribution in [-0.2, 0) is 4.79 Å². The Morgan fingerprint density at radius 2 is 1.92 bits per heavy atom. The fourth-order valence-electron chi connectivity index (χ4n) is 2.22. The van der Waals surface area contributed by atoms with Gasteiger partial charge in [0.2, 0.25) is 5.95 Å². The molecule has 2 N–H and O–H groups in total. The maximum absolute atomic E-state index is 12.0. The van der Waals surface area contributed by atoms with Crippen LogP contribution < -0.4 is 14.8 Å². The normalized spacial score (nSPS) is 10.3. The van der Waals surface area contributed by atoms with E-state index in [9.17, 15) is 4.79 Å². The first-order chi connectivity index (χ1) is 12.2. The van der Waals surface area contributed by atoms with E-state index < -0.39 is 0 Å². The molecule has 0 aliphatic carbocycles. The van der Waals surface area contributed by atoms with Gasteiger partial charge in [-0.2, -0.15) is 4.98 Å². The van der Waals surface area contributed by atoms with Gasteiger partial charge >= 0.3 is 0 Å². The van der Waals surface area contributed by atoms with E-state index in [-0.39, 0.29) is 18.5 Å². The number of hydrogen-bond acceptors (Lipinski definition) is 5. The van der Waals surface area contributed by atoms with Crippen molar-refractivity contribution in [2.75, 3.05) is 19.0 Å². The molecule has 0 aliphatic rings. The summed E-state index contributed by atoms with van der Waals surface area (Å²) in [5, 5.41) is 9.37. The number of aromatic nitrogens is 3. The Bertz CT molecular complexity index is 859. The second-order valence-electron chi connectivity index (χ2n) is 5.36. The summed E-state index contributed by atoms with van der Waals surface area (Å²) in [7, 11) is 1.58. The van der Waals surface area contributed by atoms with Crippen LogP contribution in [0.15, 0.2) is 48.5 Å². The third-order valence-electron chi connectivity index (χ3n) is 3.49. The average Bonchev–Trinajstić information content (AvgIpc) is 3.09. The lowest BCUT2D eigenvalue weighted by Gasteiger charge is -2.05. The first-order valence-electron chi connectivity index (χ1n) is 7.71. The number of ether oxygens (including phenoxy) is 2. The Morgan fingerprint density at radius 1 is 1.16 bits per heavy atom. The lowest BCUT2D eigenvalue weighted by Crippen LogP contribution is -2.20. The number of nitrogens with one attached hydrogen (secondary N) is 2. The summed E-state index contributed by atoms with van der Waals surface area (Å²) in [4.78, 5) is 16.2. The van der Waals surface area contributed by atoms with Gasteiger partial charge in [0.1, 0.15) is 11.5 Å². The quantitative estimate of drug-likeness (QED) is 0.721. The van der Waals surface area contributed by atoms with Crippen molar-refractivity contribution in [2.24, 2.45) is 0 Å². The van der Waals surface area contributed by atoms with Crippen LogP contribution in [0.4, 0.5) is 5.95 Å². The maximum atomic E-state index is 12.0. The van der Waals surface area contributed by atoms with Crippen molar-refractivity contribution in [1.29, 1.82) is 0 Å². The SMILES string of the molecule is COc1ccccc1-c1nc(NC(=O)COc2ccc(C)cc2)n[nH]1. The topological polar surface area (TPSA) is 89.1 Å². The monoisotopic (exact) mass is 338 g/mol. The predicted molar refractivity (Wildman–Crippen MR) is 93.7 cm³/mol. The van der Waals surface area contributed by atoms with Gasteiger partial charge in [-0.1, -0.05) is 29.8 Å². The number of carbonyl (C=O) groups excluding carboxylic acids is 1. The number of H-pyrrole nitrogens is 1. The van der Waals surface area contributed by atoms with Gasteiger partial charge < -0.3 is 9.47 Å². The number of carbonyl (C=O) groups is 1. The summed E-state index contributed by atoms with van der Waals surface area (Å²) in [6, 6.07) is 14.9. The van der Waals surface area contributed by atoms with E-state index in [0.717, 1.165) is 11.1 Å². The minimum absolute atomic E-state index is 0.123. The van der Waals surface area contributed by atoms with Crippen LogP contribution in [0.5, 0.6) is 11.5 Å². The molecule has 1 amide bonds. The molecule has 0 aliphatic heterocycles. The summed E-state index contributed by atoms with van der Waals surface area (Å²) < 4.78 is 10.7. The number of hydrogen-bond donors (Lipinski definition) is 2. The van der Waals surface area contributed by atoms with Gasteiger partial charge in [-0.3, -0.25) is 15.2 Å². The standard InChI is InChI=1S/C18H18N4O3/c1-12-7-9-13(10-8-12)25-11-16(23)19-18-20-17(21-22-18)14-5-3-4-6-15(14)24-2/h3-10H,11H2,1-2H3,(H2,19,20,21,22,23). The Kier molecular flexibility index (Phi) is 4.94. The highest BCUT2D eigenvalue weighted by atomic mass is 16.5. The Morgan fingerprint density at radius 3 is 2.68 bits per heavy atom. The van der Waals surface area contributed by atoms with Crippen LogP contribution >= 0.6 is 0 Å². The molecule has 0 saturated carbocycles. The number of rotatable bonds is 6. The number of aryl methyl sites for hydroxylation is 1. The first kappa shape index (κ1) is 16.5. The minimum Gasteiger partial charge on any atom is -0.496 e. The van der Waals surface area contributed by atoms with Crippen LogP contribution in [0.1, 0.15) is 5.56 Å². The van der Waals surface area contributed by atoms with Gasteiger partial charge in [0.15, 0.2) is 12.4 Å². The van der Waals surface area contributed by atoms with Crippen molar-refractivity contribution >= 4 is 11.9 Å². The van der Waals surface area contributed by atoms with E-state index in [2.05, 4.69) is 20.5 Å². The summed E-state index contributed by atoms with van der Waals surface area (Å²) in [5.41, 5.74) is 1.88. The van der Waals surface area contributed by atoms with Crippen molar-refractivity contribution in [3.8, 4) is 22.9 Å². The van der Waals surface area contributed by atoms with Crippen molar-refractivity contribution in [2.45, 2.75) is 6.92 Å². The highest BCUT2D eigenvalue weighted by Gasteiger charge is 2.12. The molecule has 0 spiro atoms. The summed E-state index contributed by atoms with van der Waals surface area (Å²) in [5.74, 6) is 1.64. The smallest absolute Gasteiger partial charge is 0.264 e. The number of methoxy groups -OCH3 is 1. The van der Waals surface area contributed by atoms with E-state index in [0.29, 0.717) is 17.3 Å².